The maximum atomic E-state index is 11.1. The zero-order valence-corrected chi connectivity index (χ0v) is 9.99. The first-order chi connectivity index (χ1) is 8.27. The van der Waals surface area contributed by atoms with E-state index in [1.54, 1.807) is 20.1 Å². The Morgan fingerprint density at radius 1 is 1.47 bits per heavy atom. The van der Waals surface area contributed by atoms with Crippen LogP contribution < -0.4 is 10.1 Å². The second-order valence-electron chi connectivity index (χ2n) is 3.22. The average molecular weight is 229 g/mol. The van der Waals surface area contributed by atoms with Crippen LogP contribution >= 0.6 is 0 Å². The molecule has 0 heterocycles. The molecule has 0 fully saturated rings. The molecule has 0 saturated carbocycles. The molecule has 0 radical (unpaired) electrons. The molecule has 0 aliphatic rings. The van der Waals surface area contributed by atoms with E-state index in [1.165, 1.54) is 6.08 Å². The first-order valence-corrected chi connectivity index (χ1v) is 5.30. The summed E-state index contributed by atoms with van der Waals surface area (Å²) in [7, 11) is 1.61. The van der Waals surface area contributed by atoms with Gasteiger partial charge in [0, 0.05) is 0 Å². The van der Waals surface area contributed by atoms with Crippen molar-refractivity contribution < 1.29 is 9.53 Å². The van der Waals surface area contributed by atoms with E-state index < -0.39 is 0 Å². The molecule has 0 aliphatic carbocycles. The van der Waals surface area contributed by atoms with Crippen molar-refractivity contribution in [3.05, 3.63) is 42.0 Å². The summed E-state index contributed by atoms with van der Waals surface area (Å²) in [6.45, 7) is 2.11. The number of benzene rings is 1. The standard InChI is InChI=1S/C14H15NO2/c1-3-7-14(16)15-11-6-9-12-8-4-5-10-13(12)17-2/h3-5,7-8,10H,11H2,1-2H3,(H,15,16)/b7-3+. The molecule has 0 aromatic heterocycles. The first kappa shape index (κ1) is 12.9. The van der Waals surface area contributed by atoms with Crippen LogP contribution in [0.15, 0.2) is 36.4 Å². The van der Waals surface area contributed by atoms with Crippen molar-refractivity contribution in [3.63, 3.8) is 0 Å². The number of hydrogen-bond donors (Lipinski definition) is 1. The van der Waals surface area contributed by atoms with Gasteiger partial charge in [0.25, 0.3) is 0 Å². The third kappa shape index (κ3) is 4.43. The lowest BCUT2D eigenvalue weighted by Crippen LogP contribution is -2.20. The van der Waals surface area contributed by atoms with E-state index in [2.05, 4.69) is 17.2 Å². The van der Waals surface area contributed by atoms with Crippen LogP contribution in [0.1, 0.15) is 12.5 Å². The quantitative estimate of drug-likeness (QED) is 0.633. The minimum atomic E-state index is -0.137. The number of allylic oxidation sites excluding steroid dienone is 1. The fraction of sp³-hybridized carbons (Fsp3) is 0.214. The van der Waals surface area contributed by atoms with E-state index in [0.717, 1.165) is 11.3 Å². The largest absolute Gasteiger partial charge is 0.495 e. The maximum absolute atomic E-state index is 11.1. The van der Waals surface area contributed by atoms with Crippen molar-refractivity contribution in [2.75, 3.05) is 13.7 Å². The lowest BCUT2D eigenvalue weighted by molar-refractivity contribution is -0.116. The Labute approximate surface area is 101 Å². The van der Waals surface area contributed by atoms with E-state index in [9.17, 15) is 4.79 Å². The van der Waals surface area contributed by atoms with E-state index in [4.69, 9.17) is 4.74 Å². The number of rotatable bonds is 3. The lowest BCUT2D eigenvalue weighted by atomic mass is 10.2. The summed E-state index contributed by atoms with van der Waals surface area (Å²) in [5.41, 5.74) is 0.815. The van der Waals surface area contributed by atoms with E-state index in [-0.39, 0.29) is 5.91 Å². The van der Waals surface area contributed by atoms with Gasteiger partial charge in [0.2, 0.25) is 5.91 Å². The Morgan fingerprint density at radius 3 is 2.94 bits per heavy atom. The van der Waals surface area contributed by atoms with Gasteiger partial charge in [-0.15, -0.1) is 0 Å². The van der Waals surface area contributed by atoms with Gasteiger partial charge in [-0.2, -0.15) is 0 Å². The van der Waals surface area contributed by atoms with Crippen molar-refractivity contribution in [2.45, 2.75) is 6.92 Å². The zero-order chi connectivity index (χ0) is 12.5. The molecular formula is C14H15NO2. The molecule has 0 atom stereocenters. The highest BCUT2D eigenvalue weighted by molar-refractivity contribution is 5.87. The Hall–Kier alpha value is -2.21. The summed E-state index contributed by atoms with van der Waals surface area (Å²) in [5.74, 6) is 6.42. The van der Waals surface area contributed by atoms with E-state index in [0.29, 0.717) is 6.54 Å². The molecule has 0 bridgehead atoms. The highest BCUT2D eigenvalue weighted by Gasteiger charge is 1.96. The maximum Gasteiger partial charge on any atom is 0.244 e. The Bertz CT molecular complexity index is 467. The van der Waals surface area contributed by atoms with Crippen LogP contribution in [-0.4, -0.2) is 19.6 Å². The summed E-state index contributed by atoms with van der Waals surface area (Å²) in [6.07, 6.45) is 3.15. The number of ether oxygens (including phenoxy) is 1. The van der Waals surface area contributed by atoms with Crippen LogP contribution in [0, 0.1) is 11.8 Å². The fourth-order valence-electron chi connectivity index (χ4n) is 1.23. The Morgan fingerprint density at radius 2 is 2.24 bits per heavy atom. The van der Waals surface area contributed by atoms with E-state index >= 15 is 0 Å². The summed E-state index contributed by atoms with van der Waals surface area (Å²) in [4.78, 5) is 11.1. The molecule has 0 aliphatic heterocycles. The number of nitrogens with one attached hydrogen (secondary N) is 1. The van der Waals surface area contributed by atoms with E-state index in [1.807, 2.05) is 24.3 Å². The molecule has 3 nitrogen and oxygen atoms in total. The molecule has 1 aromatic carbocycles. The van der Waals surface area contributed by atoms with Crippen molar-refractivity contribution in [3.8, 4) is 17.6 Å². The predicted molar refractivity (Wildman–Crippen MR) is 67.7 cm³/mol. The molecule has 0 saturated heterocycles. The summed E-state index contributed by atoms with van der Waals surface area (Å²) >= 11 is 0. The lowest BCUT2D eigenvalue weighted by Gasteiger charge is -2.01. The molecule has 88 valence electrons. The smallest absolute Gasteiger partial charge is 0.244 e. The van der Waals surface area contributed by atoms with Crippen LogP contribution in [0.5, 0.6) is 5.75 Å². The van der Waals surface area contributed by atoms with Gasteiger partial charge in [0.1, 0.15) is 5.75 Å². The van der Waals surface area contributed by atoms with Crippen LogP contribution in [0.25, 0.3) is 0 Å². The highest BCUT2D eigenvalue weighted by atomic mass is 16.5. The number of hydrogen-bond acceptors (Lipinski definition) is 2. The molecule has 1 N–H and O–H groups in total. The third-order valence-corrected chi connectivity index (χ3v) is 2.00. The predicted octanol–water partition coefficient (Wildman–Crippen LogP) is 1.74. The highest BCUT2D eigenvalue weighted by Crippen LogP contribution is 2.15. The third-order valence-electron chi connectivity index (χ3n) is 2.00. The van der Waals surface area contributed by atoms with Crippen molar-refractivity contribution in [1.82, 2.24) is 5.32 Å². The van der Waals surface area contributed by atoms with Gasteiger partial charge in [-0.25, -0.2) is 0 Å². The number of amides is 1. The van der Waals surface area contributed by atoms with Crippen molar-refractivity contribution >= 4 is 5.91 Å². The van der Waals surface area contributed by atoms with Crippen molar-refractivity contribution in [2.24, 2.45) is 0 Å². The minimum absolute atomic E-state index is 0.137. The van der Waals surface area contributed by atoms with Gasteiger partial charge in [-0.05, 0) is 25.1 Å². The molecule has 1 rings (SSSR count). The monoisotopic (exact) mass is 229 g/mol. The Kier molecular flexibility index (Phi) is 5.39. The van der Waals surface area contributed by atoms with Crippen LogP contribution in [0.2, 0.25) is 0 Å². The molecule has 17 heavy (non-hydrogen) atoms. The second kappa shape index (κ2) is 7.13. The van der Waals surface area contributed by atoms with Gasteiger partial charge < -0.3 is 10.1 Å². The number of methoxy groups -OCH3 is 1. The van der Waals surface area contributed by atoms with Crippen LogP contribution in [-0.2, 0) is 4.79 Å². The van der Waals surface area contributed by atoms with Gasteiger partial charge in [0.15, 0.2) is 0 Å². The topological polar surface area (TPSA) is 38.3 Å². The first-order valence-electron chi connectivity index (χ1n) is 5.30. The summed E-state index contributed by atoms with van der Waals surface area (Å²) in [6, 6.07) is 7.50. The molecule has 0 spiro atoms. The van der Waals surface area contributed by atoms with Crippen LogP contribution in [0.3, 0.4) is 0 Å². The molecular weight excluding hydrogens is 214 g/mol. The molecule has 1 aromatic rings. The zero-order valence-electron chi connectivity index (χ0n) is 9.99. The van der Waals surface area contributed by atoms with Crippen molar-refractivity contribution in [1.29, 1.82) is 0 Å². The number of carbonyl (C=O) groups excluding carboxylic acids is 1. The molecule has 3 heteroatoms. The molecule has 0 unspecified atom stereocenters. The minimum Gasteiger partial charge on any atom is -0.495 e. The average Bonchev–Trinajstić information content (AvgIpc) is 2.35. The number of para-hydroxylation sites is 1. The van der Waals surface area contributed by atoms with Gasteiger partial charge in [-0.3, -0.25) is 4.79 Å². The summed E-state index contributed by atoms with van der Waals surface area (Å²) < 4.78 is 5.16. The van der Waals surface area contributed by atoms with Gasteiger partial charge >= 0.3 is 0 Å². The second-order valence-corrected chi connectivity index (χ2v) is 3.22. The van der Waals surface area contributed by atoms with Crippen LogP contribution in [0.4, 0.5) is 0 Å². The normalized spacial score (nSPS) is 9.53. The Balaban J connectivity index is 2.57. The van der Waals surface area contributed by atoms with Gasteiger partial charge in [-0.1, -0.05) is 30.0 Å². The summed E-state index contributed by atoms with van der Waals surface area (Å²) in [5, 5.41) is 2.65. The van der Waals surface area contributed by atoms with Gasteiger partial charge in [0.05, 0.1) is 19.2 Å². The molecule has 1 amide bonds. The number of carbonyl (C=O) groups is 1. The SMILES string of the molecule is C/C=C/C(=O)NCC#Cc1ccccc1OC. The fourth-order valence-corrected chi connectivity index (χ4v) is 1.23.